The van der Waals surface area contributed by atoms with E-state index in [2.05, 4.69) is 28.5 Å². The lowest BCUT2D eigenvalue weighted by Crippen LogP contribution is -2.20. The molecule has 3 aromatic rings. The summed E-state index contributed by atoms with van der Waals surface area (Å²) >= 11 is 0. The fourth-order valence-corrected chi connectivity index (χ4v) is 2.66. The third kappa shape index (κ3) is 1.84. The number of para-hydroxylation sites is 2. The van der Waals surface area contributed by atoms with Crippen LogP contribution in [0.25, 0.3) is 10.9 Å². The number of nitrogens with one attached hydrogen (secondary N) is 1. The SMILES string of the molecule is c1ccc2c(c1)COC(c1ccnc3ccccc13)N2. The van der Waals surface area contributed by atoms with Crippen LogP contribution in [0.2, 0.25) is 0 Å². The molecule has 0 fully saturated rings. The molecule has 3 heteroatoms. The summed E-state index contributed by atoms with van der Waals surface area (Å²) in [4.78, 5) is 4.40. The van der Waals surface area contributed by atoms with Crippen LogP contribution in [-0.4, -0.2) is 4.98 Å². The first kappa shape index (κ1) is 11.4. The second-order valence-corrected chi connectivity index (χ2v) is 4.91. The lowest BCUT2D eigenvalue weighted by Gasteiger charge is -2.28. The highest BCUT2D eigenvalue weighted by molar-refractivity contribution is 5.82. The first-order valence-electron chi connectivity index (χ1n) is 6.71. The first-order valence-corrected chi connectivity index (χ1v) is 6.71. The molecule has 0 saturated heterocycles. The Morgan fingerprint density at radius 1 is 1.00 bits per heavy atom. The van der Waals surface area contributed by atoms with E-state index in [1.807, 2.05) is 42.6 Å². The number of ether oxygens (including phenoxy) is 1. The van der Waals surface area contributed by atoms with Gasteiger partial charge in [-0.25, -0.2) is 0 Å². The fraction of sp³-hybridized carbons (Fsp3) is 0.118. The van der Waals surface area contributed by atoms with E-state index in [0.29, 0.717) is 6.61 Å². The lowest BCUT2D eigenvalue weighted by molar-refractivity contribution is 0.0516. The zero-order valence-corrected chi connectivity index (χ0v) is 10.9. The van der Waals surface area contributed by atoms with Gasteiger partial charge in [0.05, 0.1) is 12.1 Å². The highest BCUT2D eigenvalue weighted by Crippen LogP contribution is 2.32. The van der Waals surface area contributed by atoms with E-state index >= 15 is 0 Å². The quantitative estimate of drug-likeness (QED) is 0.722. The van der Waals surface area contributed by atoms with Crippen LogP contribution in [0.4, 0.5) is 5.69 Å². The molecule has 1 unspecified atom stereocenters. The van der Waals surface area contributed by atoms with Gasteiger partial charge in [0.25, 0.3) is 0 Å². The molecule has 0 amide bonds. The number of hydrogen-bond donors (Lipinski definition) is 1. The summed E-state index contributed by atoms with van der Waals surface area (Å²) in [6.07, 6.45) is 1.71. The minimum absolute atomic E-state index is 0.127. The van der Waals surface area contributed by atoms with E-state index in [4.69, 9.17) is 4.74 Å². The van der Waals surface area contributed by atoms with E-state index in [-0.39, 0.29) is 6.23 Å². The lowest BCUT2D eigenvalue weighted by atomic mass is 10.1. The van der Waals surface area contributed by atoms with E-state index in [0.717, 1.165) is 22.2 Å². The van der Waals surface area contributed by atoms with Gasteiger partial charge < -0.3 is 10.1 Å². The normalized spacial score (nSPS) is 17.5. The number of aromatic nitrogens is 1. The Bertz CT molecular complexity index is 764. The Kier molecular flexibility index (Phi) is 2.64. The molecule has 1 aromatic heterocycles. The number of pyridine rings is 1. The monoisotopic (exact) mass is 262 g/mol. The molecule has 1 aliphatic rings. The summed E-state index contributed by atoms with van der Waals surface area (Å²) in [6.45, 7) is 0.629. The number of fused-ring (bicyclic) bond motifs is 2. The Morgan fingerprint density at radius 2 is 1.85 bits per heavy atom. The van der Waals surface area contributed by atoms with Crippen LogP contribution in [0.5, 0.6) is 0 Å². The molecule has 2 aromatic carbocycles. The predicted octanol–water partition coefficient (Wildman–Crippen LogP) is 3.88. The van der Waals surface area contributed by atoms with Crippen molar-refractivity contribution in [2.24, 2.45) is 0 Å². The molecular formula is C17H14N2O. The zero-order chi connectivity index (χ0) is 13.4. The van der Waals surface area contributed by atoms with Crippen molar-refractivity contribution in [2.45, 2.75) is 12.8 Å². The molecule has 0 radical (unpaired) electrons. The van der Waals surface area contributed by atoms with Crippen LogP contribution >= 0.6 is 0 Å². The van der Waals surface area contributed by atoms with Crippen molar-refractivity contribution in [3.63, 3.8) is 0 Å². The van der Waals surface area contributed by atoms with E-state index in [9.17, 15) is 0 Å². The largest absolute Gasteiger partial charge is 0.356 e. The second-order valence-electron chi connectivity index (χ2n) is 4.91. The molecule has 98 valence electrons. The van der Waals surface area contributed by atoms with Gasteiger partial charge in [0.2, 0.25) is 0 Å². The molecule has 0 aliphatic carbocycles. The average molecular weight is 262 g/mol. The number of benzene rings is 2. The van der Waals surface area contributed by atoms with Crippen LogP contribution in [-0.2, 0) is 11.3 Å². The summed E-state index contributed by atoms with van der Waals surface area (Å²) in [6, 6.07) is 18.4. The maximum Gasteiger partial charge on any atom is 0.155 e. The first-order chi connectivity index (χ1) is 9.92. The average Bonchev–Trinajstić information content (AvgIpc) is 2.54. The summed E-state index contributed by atoms with van der Waals surface area (Å²) in [5.41, 5.74) is 4.46. The molecule has 1 N–H and O–H groups in total. The number of nitrogens with zero attached hydrogens (tertiary/aromatic N) is 1. The number of rotatable bonds is 1. The molecule has 1 atom stereocenters. The summed E-state index contributed by atoms with van der Waals surface area (Å²) < 4.78 is 5.96. The fourth-order valence-electron chi connectivity index (χ4n) is 2.66. The van der Waals surface area contributed by atoms with Crippen molar-refractivity contribution < 1.29 is 4.74 Å². The van der Waals surface area contributed by atoms with Crippen molar-refractivity contribution in [2.75, 3.05) is 5.32 Å². The number of anilines is 1. The van der Waals surface area contributed by atoms with Gasteiger partial charge in [-0.3, -0.25) is 4.98 Å². The highest BCUT2D eigenvalue weighted by atomic mass is 16.5. The van der Waals surface area contributed by atoms with Crippen molar-refractivity contribution in [1.29, 1.82) is 0 Å². The van der Waals surface area contributed by atoms with Crippen LogP contribution in [0.1, 0.15) is 17.4 Å². The number of hydrogen-bond acceptors (Lipinski definition) is 3. The minimum Gasteiger partial charge on any atom is -0.356 e. The summed E-state index contributed by atoms with van der Waals surface area (Å²) in [5.74, 6) is 0. The minimum atomic E-state index is -0.127. The Labute approximate surface area is 117 Å². The molecule has 2 heterocycles. The van der Waals surface area contributed by atoms with E-state index < -0.39 is 0 Å². The molecule has 3 nitrogen and oxygen atoms in total. The van der Waals surface area contributed by atoms with Crippen molar-refractivity contribution in [1.82, 2.24) is 4.98 Å². The third-order valence-electron chi connectivity index (χ3n) is 3.67. The van der Waals surface area contributed by atoms with E-state index in [1.165, 1.54) is 5.56 Å². The predicted molar refractivity (Wildman–Crippen MR) is 79.3 cm³/mol. The highest BCUT2D eigenvalue weighted by Gasteiger charge is 2.20. The molecule has 20 heavy (non-hydrogen) atoms. The second kappa shape index (κ2) is 4.62. The molecule has 4 rings (SSSR count). The molecule has 1 aliphatic heterocycles. The van der Waals surface area contributed by atoms with Crippen LogP contribution < -0.4 is 5.32 Å². The Morgan fingerprint density at radius 3 is 2.85 bits per heavy atom. The van der Waals surface area contributed by atoms with Crippen molar-refractivity contribution >= 4 is 16.6 Å². The summed E-state index contributed by atoms with van der Waals surface area (Å²) in [5, 5.41) is 4.59. The molecule has 0 saturated carbocycles. The summed E-state index contributed by atoms with van der Waals surface area (Å²) in [7, 11) is 0. The van der Waals surface area contributed by atoms with Gasteiger partial charge in [0.15, 0.2) is 6.23 Å². The smallest absolute Gasteiger partial charge is 0.155 e. The third-order valence-corrected chi connectivity index (χ3v) is 3.67. The van der Waals surface area contributed by atoms with Gasteiger partial charge in [0.1, 0.15) is 0 Å². The zero-order valence-electron chi connectivity index (χ0n) is 10.9. The molecule has 0 spiro atoms. The van der Waals surface area contributed by atoms with Gasteiger partial charge in [-0.1, -0.05) is 36.4 Å². The van der Waals surface area contributed by atoms with Gasteiger partial charge in [-0.05, 0) is 18.2 Å². The maximum absolute atomic E-state index is 5.96. The van der Waals surface area contributed by atoms with Crippen molar-refractivity contribution in [3.05, 3.63) is 71.9 Å². The topological polar surface area (TPSA) is 34.1 Å². The van der Waals surface area contributed by atoms with E-state index in [1.54, 1.807) is 0 Å². The van der Waals surface area contributed by atoms with Gasteiger partial charge in [-0.2, -0.15) is 0 Å². The Balaban J connectivity index is 1.78. The van der Waals surface area contributed by atoms with Gasteiger partial charge in [0, 0.05) is 28.4 Å². The van der Waals surface area contributed by atoms with Gasteiger partial charge >= 0.3 is 0 Å². The van der Waals surface area contributed by atoms with Crippen LogP contribution in [0.15, 0.2) is 60.8 Å². The maximum atomic E-state index is 5.96. The Hall–Kier alpha value is -2.39. The van der Waals surface area contributed by atoms with Crippen LogP contribution in [0.3, 0.4) is 0 Å². The standard InChI is InChI=1S/C17H14N2O/c1-3-7-15-12(5-1)11-20-17(19-15)14-9-10-18-16-8-4-2-6-13(14)16/h1-10,17,19H,11H2. The molecular weight excluding hydrogens is 248 g/mol. The van der Waals surface area contributed by atoms with Crippen LogP contribution in [0, 0.1) is 0 Å². The van der Waals surface area contributed by atoms with Crippen molar-refractivity contribution in [3.8, 4) is 0 Å². The molecule has 0 bridgehead atoms. The van der Waals surface area contributed by atoms with Gasteiger partial charge in [-0.15, -0.1) is 0 Å².